The molecule has 2 heterocycles. The number of hydrogen-bond acceptors (Lipinski definition) is 5. The van der Waals surface area contributed by atoms with E-state index in [4.69, 9.17) is 4.74 Å². The van der Waals surface area contributed by atoms with Gasteiger partial charge < -0.3 is 15.2 Å². The Kier molecular flexibility index (Phi) is 6.00. The minimum Gasteiger partial charge on any atom is -0.481 e. The monoisotopic (exact) mass is 374 g/mol. The van der Waals surface area contributed by atoms with Gasteiger partial charge in [-0.1, -0.05) is 30.3 Å². The van der Waals surface area contributed by atoms with E-state index < -0.39 is 11.5 Å². The van der Waals surface area contributed by atoms with E-state index in [1.54, 1.807) is 0 Å². The smallest absolute Gasteiger partial charge is 0.305 e. The van der Waals surface area contributed by atoms with Gasteiger partial charge in [-0.05, 0) is 18.4 Å². The normalized spacial score (nSPS) is 16.2. The summed E-state index contributed by atoms with van der Waals surface area (Å²) in [5, 5.41) is 15.0. The molecule has 1 amide bonds. The Labute approximate surface area is 156 Å². The summed E-state index contributed by atoms with van der Waals surface area (Å²) in [6.07, 6.45) is 1.85. The minimum atomic E-state index is -0.911. The summed E-state index contributed by atoms with van der Waals surface area (Å²) in [5.41, 5.74) is 1.18. The van der Waals surface area contributed by atoms with Gasteiger partial charge in [0.05, 0.1) is 29.1 Å². The molecule has 1 fully saturated rings. The topological polar surface area (TPSA) is 88.5 Å². The number of thiazole rings is 1. The van der Waals surface area contributed by atoms with Crippen molar-refractivity contribution in [3.05, 3.63) is 52.0 Å². The lowest BCUT2D eigenvalue weighted by Gasteiger charge is -2.36. The van der Waals surface area contributed by atoms with E-state index in [2.05, 4.69) is 22.4 Å². The van der Waals surface area contributed by atoms with Crippen LogP contribution < -0.4 is 5.32 Å². The highest BCUT2D eigenvalue weighted by Crippen LogP contribution is 2.25. The van der Waals surface area contributed by atoms with Crippen LogP contribution in [-0.4, -0.2) is 40.7 Å². The van der Waals surface area contributed by atoms with Gasteiger partial charge in [-0.2, -0.15) is 0 Å². The SMILES string of the molecule is O=C(O)CC1(NC(=O)Cc2csc(Cc3ccccc3)n2)CCOCC1. The highest BCUT2D eigenvalue weighted by Gasteiger charge is 2.36. The number of carboxylic acids is 1. The molecule has 2 N–H and O–H groups in total. The molecule has 2 aromatic rings. The predicted molar refractivity (Wildman–Crippen MR) is 98.2 cm³/mol. The zero-order valence-corrected chi connectivity index (χ0v) is 15.3. The van der Waals surface area contributed by atoms with Gasteiger partial charge in [0.2, 0.25) is 5.91 Å². The van der Waals surface area contributed by atoms with Gasteiger partial charge in [-0.3, -0.25) is 9.59 Å². The predicted octanol–water partition coefficient (Wildman–Crippen LogP) is 2.42. The van der Waals surface area contributed by atoms with Gasteiger partial charge in [0.15, 0.2) is 0 Å². The number of carboxylic acid groups (broad SMARTS) is 1. The molecule has 0 unspecified atom stereocenters. The summed E-state index contributed by atoms with van der Waals surface area (Å²) < 4.78 is 5.31. The van der Waals surface area contributed by atoms with Crippen molar-refractivity contribution in [2.24, 2.45) is 0 Å². The second-order valence-corrected chi connectivity index (χ2v) is 7.53. The van der Waals surface area contributed by atoms with Gasteiger partial charge >= 0.3 is 5.97 Å². The van der Waals surface area contributed by atoms with Crippen molar-refractivity contribution in [3.63, 3.8) is 0 Å². The zero-order chi connectivity index (χ0) is 18.4. The number of ether oxygens (including phenoxy) is 1. The highest BCUT2D eigenvalue weighted by molar-refractivity contribution is 7.09. The number of carbonyl (C=O) groups excluding carboxylic acids is 1. The summed E-state index contributed by atoms with van der Waals surface area (Å²) in [6, 6.07) is 10.1. The molecule has 0 atom stereocenters. The van der Waals surface area contributed by atoms with Gasteiger partial charge in [0.25, 0.3) is 0 Å². The Morgan fingerprint density at radius 3 is 2.65 bits per heavy atom. The lowest BCUT2D eigenvalue weighted by molar-refractivity contribution is -0.140. The Hall–Kier alpha value is -2.25. The fourth-order valence-corrected chi connectivity index (χ4v) is 4.01. The van der Waals surface area contributed by atoms with Crippen LogP contribution in [0.25, 0.3) is 0 Å². The maximum Gasteiger partial charge on any atom is 0.305 e. The molecule has 0 spiro atoms. The first-order valence-electron chi connectivity index (χ1n) is 8.62. The van der Waals surface area contributed by atoms with Crippen molar-refractivity contribution in [2.45, 2.75) is 37.6 Å². The molecule has 0 saturated carbocycles. The number of aliphatic carboxylic acids is 1. The molecular formula is C19H22N2O4S. The van der Waals surface area contributed by atoms with E-state index >= 15 is 0 Å². The average molecular weight is 374 g/mol. The Morgan fingerprint density at radius 2 is 1.96 bits per heavy atom. The van der Waals surface area contributed by atoms with Crippen molar-refractivity contribution < 1.29 is 19.4 Å². The fourth-order valence-electron chi connectivity index (χ4n) is 3.18. The van der Waals surface area contributed by atoms with Gasteiger partial charge in [-0.25, -0.2) is 4.98 Å². The lowest BCUT2D eigenvalue weighted by atomic mass is 9.86. The van der Waals surface area contributed by atoms with Crippen LogP contribution in [0.15, 0.2) is 35.7 Å². The maximum absolute atomic E-state index is 12.5. The van der Waals surface area contributed by atoms with Crippen LogP contribution in [-0.2, 0) is 27.2 Å². The molecule has 7 heteroatoms. The van der Waals surface area contributed by atoms with Crippen LogP contribution in [0.1, 0.15) is 35.5 Å². The van der Waals surface area contributed by atoms with Crippen molar-refractivity contribution in [2.75, 3.05) is 13.2 Å². The molecule has 1 aliphatic rings. The number of aromatic nitrogens is 1. The van der Waals surface area contributed by atoms with E-state index in [1.165, 1.54) is 16.9 Å². The van der Waals surface area contributed by atoms with Crippen LogP contribution in [0, 0.1) is 0 Å². The zero-order valence-electron chi connectivity index (χ0n) is 14.4. The van der Waals surface area contributed by atoms with E-state index in [1.807, 2.05) is 23.6 Å². The second-order valence-electron chi connectivity index (χ2n) is 6.58. The molecule has 1 aromatic carbocycles. The molecule has 1 saturated heterocycles. The third-order valence-electron chi connectivity index (χ3n) is 4.48. The molecule has 0 bridgehead atoms. The first kappa shape index (κ1) is 18.5. The van der Waals surface area contributed by atoms with Crippen molar-refractivity contribution in [3.8, 4) is 0 Å². The molecule has 6 nitrogen and oxygen atoms in total. The number of nitrogens with zero attached hydrogens (tertiary/aromatic N) is 1. The second kappa shape index (κ2) is 8.42. The van der Waals surface area contributed by atoms with Crippen molar-refractivity contribution in [1.82, 2.24) is 10.3 Å². The Balaban J connectivity index is 1.59. The molecule has 1 aromatic heterocycles. The van der Waals surface area contributed by atoms with Gasteiger partial charge in [-0.15, -0.1) is 11.3 Å². The van der Waals surface area contributed by atoms with Crippen LogP contribution in [0.2, 0.25) is 0 Å². The van der Waals surface area contributed by atoms with Crippen molar-refractivity contribution in [1.29, 1.82) is 0 Å². The third-order valence-corrected chi connectivity index (χ3v) is 5.38. The van der Waals surface area contributed by atoms with Crippen LogP contribution in [0.4, 0.5) is 0 Å². The number of rotatable bonds is 7. The first-order valence-corrected chi connectivity index (χ1v) is 9.50. The minimum absolute atomic E-state index is 0.0849. The number of amides is 1. The lowest BCUT2D eigenvalue weighted by Crippen LogP contribution is -2.53. The quantitative estimate of drug-likeness (QED) is 0.777. The highest BCUT2D eigenvalue weighted by atomic mass is 32.1. The van der Waals surface area contributed by atoms with E-state index in [0.717, 1.165) is 17.1 Å². The summed E-state index contributed by atoms with van der Waals surface area (Å²) in [5.74, 6) is -1.10. The van der Waals surface area contributed by atoms with E-state index in [9.17, 15) is 14.7 Å². The molecule has 0 aliphatic carbocycles. The summed E-state index contributed by atoms with van der Waals surface area (Å²) >= 11 is 1.54. The largest absolute Gasteiger partial charge is 0.481 e. The number of carbonyl (C=O) groups is 2. The van der Waals surface area contributed by atoms with Crippen molar-refractivity contribution >= 4 is 23.2 Å². The Morgan fingerprint density at radius 1 is 1.23 bits per heavy atom. The molecule has 3 rings (SSSR count). The maximum atomic E-state index is 12.5. The first-order chi connectivity index (χ1) is 12.5. The standard InChI is InChI=1S/C19H22N2O4S/c22-16(21-19(12-18(23)24)6-8-25-9-7-19)11-15-13-26-17(20-15)10-14-4-2-1-3-5-14/h1-5,13H,6-12H2,(H,21,22)(H,23,24). The average Bonchev–Trinajstić information content (AvgIpc) is 3.02. The fraction of sp³-hybridized carbons (Fsp3) is 0.421. The number of nitrogens with one attached hydrogen (secondary N) is 1. The number of hydrogen-bond donors (Lipinski definition) is 2. The van der Waals surface area contributed by atoms with Crippen LogP contribution in [0.3, 0.4) is 0 Å². The molecule has 26 heavy (non-hydrogen) atoms. The Bertz CT molecular complexity index is 754. The third kappa shape index (κ3) is 5.12. The molecule has 0 radical (unpaired) electrons. The molecule has 138 valence electrons. The van der Waals surface area contributed by atoms with Crippen LogP contribution >= 0.6 is 11.3 Å². The number of benzene rings is 1. The van der Waals surface area contributed by atoms with Gasteiger partial charge in [0, 0.05) is 25.0 Å². The van der Waals surface area contributed by atoms with E-state index in [-0.39, 0.29) is 18.7 Å². The summed E-state index contributed by atoms with van der Waals surface area (Å²) in [6.45, 7) is 0.928. The molecule has 1 aliphatic heterocycles. The van der Waals surface area contributed by atoms with Crippen LogP contribution in [0.5, 0.6) is 0 Å². The molecular weight excluding hydrogens is 352 g/mol. The van der Waals surface area contributed by atoms with Gasteiger partial charge in [0.1, 0.15) is 0 Å². The van der Waals surface area contributed by atoms with E-state index in [0.29, 0.717) is 26.1 Å². The summed E-state index contributed by atoms with van der Waals surface area (Å²) in [7, 11) is 0. The summed E-state index contributed by atoms with van der Waals surface area (Å²) in [4.78, 5) is 28.2.